The van der Waals surface area contributed by atoms with Crippen molar-refractivity contribution in [1.82, 2.24) is 10.2 Å². The van der Waals surface area contributed by atoms with Crippen molar-refractivity contribution in [2.75, 3.05) is 13.1 Å². The predicted molar refractivity (Wildman–Crippen MR) is 74.8 cm³/mol. The van der Waals surface area contributed by atoms with E-state index in [0.29, 0.717) is 11.8 Å². The fourth-order valence-corrected chi connectivity index (χ4v) is 3.51. The summed E-state index contributed by atoms with van der Waals surface area (Å²) in [4.78, 5) is 13.4. The minimum atomic E-state index is -1.01. The van der Waals surface area contributed by atoms with E-state index in [0.717, 1.165) is 12.5 Å². The van der Waals surface area contributed by atoms with Crippen molar-refractivity contribution in [3.8, 4) is 0 Å². The van der Waals surface area contributed by atoms with Gasteiger partial charge in [-0.1, -0.05) is 0 Å². The third-order valence-corrected chi connectivity index (χ3v) is 4.57. The molecule has 110 valence electrons. The highest BCUT2D eigenvalue weighted by atomic mass is 16.4. The Balaban J connectivity index is 1.58. The first-order valence-corrected chi connectivity index (χ1v) is 7.46. The van der Waals surface area contributed by atoms with Gasteiger partial charge in [-0.05, 0) is 57.8 Å². The van der Waals surface area contributed by atoms with Crippen LogP contribution in [0, 0.1) is 0 Å². The Labute approximate surface area is 118 Å². The number of furan rings is 1. The lowest BCUT2D eigenvalue weighted by Gasteiger charge is -2.36. The van der Waals surface area contributed by atoms with Gasteiger partial charge < -0.3 is 19.7 Å². The molecule has 3 heterocycles. The minimum Gasteiger partial charge on any atom is -0.475 e. The van der Waals surface area contributed by atoms with Crippen molar-refractivity contribution in [2.24, 2.45) is 0 Å². The van der Waals surface area contributed by atoms with E-state index in [1.165, 1.54) is 38.4 Å². The third-order valence-electron chi connectivity index (χ3n) is 4.57. The zero-order valence-corrected chi connectivity index (χ0v) is 11.8. The van der Waals surface area contributed by atoms with Gasteiger partial charge in [-0.15, -0.1) is 0 Å². The number of hydrogen-bond donors (Lipinski definition) is 2. The maximum Gasteiger partial charge on any atom is 0.371 e. The van der Waals surface area contributed by atoms with E-state index in [-0.39, 0.29) is 11.8 Å². The number of rotatable bonds is 4. The third kappa shape index (κ3) is 2.74. The first kappa shape index (κ1) is 13.6. The molecule has 1 aromatic rings. The molecule has 0 aliphatic carbocycles. The maximum absolute atomic E-state index is 10.8. The Bertz CT molecular complexity index is 485. The molecule has 2 fully saturated rings. The smallest absolute Gasteiger partial charge is 0.371 e. The molecule has 0 saturated carbocycles. The van der Waals surface area contributed by atoms with Gasteiger partial charge in [0.05, 0.1) is 6.04 Å². The molecule has 5 nitrogen and oxygen atoms in total. The van der Waals surface area contributed by atoms with Gasteiger partial charge in [-0.25, -0.2) is 4.79 Å². The standard InChI is InChI=1S/C15H22N2O3/c1-10(13-4-5-14(20-13)15(18)19)16-11-6-8-17-7-2-3-12(17)9-11/h4-5,10-12,16H,2-3,6-9H2,1H3,(H,18,19). The quantitative estimate of drug-likeness (QED) is 0.884. The molecule has 3 unspecified atom stereocenters. The SMILES string of the molecule is CC(NC1CCN2CCCC2C1)c1ccc(C(=O)O)o1. The van der Waals surface area contributed by atoms with Gasteiger partial charge in [0.2, 0.25) is 5.76 Å². The summed E-state index contributed by atoms with van der Waals surface area (Å²) in [5.41, 5.74) is 0. The Kier molecular flexibility index (Phi) is 3.81. The molecule has 0 aromatic carbocycles. The molecular formula is C15H22N2O3. The van der Waals surface area contributed by atoms with Gasteiger partial charge in [0.1, 0.15) is 5.76 Å². The molecule has 2 saturated heterocycles. The highest BCUT2D eigenvalue weighted by Crippen LogP contribution is 2.28. The molecule has 3 rings (SSSR count). The second-order valence-corrected chi connectivity index (χ2v) is 5.95. The average molecular weight is 278 g/mol. The summed E-state index contributed by atoms with van der Waals surface area (Å²) in [6, 6.07) is 4.57. The monoisotopic (exact) mass is 278 g/mol. The van der Waals surface area contributed by atoms with Gasteiger partial charge in [-0.2, -0.15) is 0 Å². The molecule has 2 N–H and O–H groups in total. The topological polar surface area (TPSA) is 65.7 Å². The Morgan fingerprint density at radius 1 is 1.45 bits per heavy atom. The van der Waals surface area contributed by atoms with Crippen LogP contribution in [0.3, 0.4) is 0 Å². The zero-order valence-electron chi connectivity index (χ0n) is 11.8. The summed E-state index contributed by atoms with van der Waals surface area (Å²) >= 11 is 0. The molecule has 3 atom stereocenters. The highest BCUT2D eigenvalue weighted by molar-refractivity contribution is 5.84. The molecule has 0 bridgehead atoms. The molecule has 0 radical (unpaired) electrons. The van der Waals surface area contributed by atoms with Crippen LogP contribution >= 0.6 is 0 Å². The number of fused-ring (bicyclic) bond motifs is 1. The minimum absolute atomic E-state index is 0.0132. The van der Waals surface area contributed by atoms with Crippen molar-refractivity contribution in [2.45, 2.75) is 50.7 Å². The molecule has 2 aliphatic heterocycles. The lowest BCUT2D eigenvalue weighted by molar-refractivity contribution is 0.0659. The van der Waals surface area contributed by atoms with Crippen molar-refractivity contribution in [1.29, 1.82) is 0 Å². The second kappa shape index (κ2) is 5.58. The first-order valence-electron chi connectivity index (χ1n) is 7.46. The lowest BCUT2D eigenvalue weighted by atomic mass is 9.97. The molecule has 0 amide bonds. The van der Waals surface area contributed by atoms with Gasteiger partial charge >= 0.3 is 5.97 Å². The predicted octanol–water partition coefficient (Wildman–Crippen LogP) is 2.26. The van der Waals surface area contributed by atoms with Crippen LogP contribution in [0.1, 0.15) is 55.0 Å². The van der Waals surface area contributed by atoms with E-state index in [1.807, 2.05) is 6.92 Å². The number of aromatic carboxylic acids is 1. The van der Waals surface area contributed by atoms with Crippen LogP contribution in [0.25, 0.3) is 0 Å². The van der Waals surface area contributed by atoms with E-state index in [2.05, 4.69) is 10.2 Å². The molecular weight excluding hydrogens is 256 g/mol. The van der Waals surface area contributed by atoms with Crippen LogP contribution in [0.5, 0.6) is 0 Å². The van der Waals surface area contributed by atoms with E-state index in [9.17, 15) is 4.79 Å². The van der Waals surface area contributed by atoms with E-state index >= 15 is 0 Å². The summed E-state index contributed by atoms with van der Waals surface area (Å²) in [6.45, 7) is 4.46. The van der Waals surface area contributed by atoms with Gasteiger partial charge in [0.25, 0.3) is 0 Å². The second-order valence-electron chi connectivity index (χ2n) is 5.95. The van der Waals surface area contributed by atoms with Crippen LogP contribution in [-0.4, -0.2) is 41.1 Å². The summed E-state index contributed by atoms with van der Waals surface area (Å²) in [7, 11) is 0. The molecule has 0 spiro atoms. The van der Waals surface area contributed by atoms with E-state index in [4.69, 9.17) is 9.52 Å². The summed E-state index contributed by atoms with van der Waals surface area (Å²) in [6.07, 6.45) is 4.99. The summed E-state index contributed by atoms with van der Waals surface area (Å²) in [5, 5.41) is 12.5. The fourth-order valence-electron chi connectivity index (χ4n) is 3.51. The molecule has 2 aliphatic rings. The van der Waals surface area contributed by atoms with Crippen molar-refractivity contribution in [3.63, 3.8) is 0 Å². The van der Waals surface area contributed by atoms with Crippen LogP contribution in [0.15, 0.2) is 16.5 Å². The number of nitrogens with zero attached hydrogens (tertiary/aromatic N) is 1. The van der Waals surface area contributed by atoms with Crippen LogP contribution in [0.2, 0.25) is 0 Å². The van der Waals surface area contributed by atoms with Crippen molar-refractivity contribution in [3.05, 3.63) is 23.7 Å². The number of piperidine rings is 1. The lowest BCUT2D eigenvalue weighted by Crippen LogP contribution is -2.46. The Morgan fingerprint density at radius 3 is 3.05 bits per heavy atom. The first-order chi connectivity index (χ1) is 9.63. The van der Waals surface area contributed by atoms with Crippen molar-refractivity contribution >= 4 is 5.97 Å². The number of nitrogens with one attached hydrogen (secondary N) is 1. The molecule has 1 aromatic heterocycles. The van der Waals surface area contributed by atoms with Crippen LogP contribution in [-0.2, 0) is 0 Å². The van der Waals surface area contributed by atoms with Crippen molar-refractivity contribution < 1.29 is 14.3 Å². The largest absolute Gasteiger partial charge is 0.475 e. The zero-order chi connectivity index (χ0) is 14.1. The summed E-state index contributed by atoms with van der Waals surface area (Å²) in [5.74, 6) is -0.293. The number of hydrogen-bond acceptors (Lipinski definition) is 4. The molecule has 5 heteroatoms. The fraction of sp³-hybridized carbons (Fsp3) is 0.667. The average Bonchev–Trinajstić information content (AvgIpc) is 3.07. The number of carboxylic acid groups (broad SMARTS) is 1. The maximum atomic E-state index is 10.8. The molecule has 20 heavy (non-hydrogen) atoms. The highest BCUT2D eigenvalue weighted by Gasteiger charge is 2.32. The van der Waals surface area contributed by atoms with Crippen LogP contribution < -0.4 is 5.32 Å². The van der Waals surface area contributed by atoms with Gasteiger partial charge in [-0.3, -0.25) is 0 Å². The van der Waals surface area contributed by atoms with E-state index in [1.54, 1.807) is 6.07 Å². The number of carboxylic acids is 1. The summed E-state index contributed by atoms with van der Waals surface area (Å²) < 4.78 is 5.36. The number of carbonyl (C=O) groups is 1. The van der Waals surface area contributed by atoms with E-state index < -0.39 is 5.97 Å². The van der Waals surface area contributed by atoms with Gasteiger partial charge in [0.15, 0.2) is 0 Å². The Morgan fingerprint density at radius 2 is 2.30 bits per heavy atom. The van der Waals surface area contributed by atoms with Gasteiger partial charge in [0, 0.05) is 12.1 Å². The Hall–Kier alpha value is -1.33. The van der Waals surface area contributed by atoms with Crippen LogP contribution in [0.4, 0.5) is 0 Å². The normalized spacial score (nSPS) is 28.2.